The van der Waals surface area contributed by atoms with Gasteiger partial charge >= 0.3 is 0 Å². The molecular weight excluding hydrogens is 306 g/mol. The molecule has 0 aliphatic carbocycles. The number of aromatic amines is 1. The second-order valence-electron chi connectivity index (χ2n) is 5.82. The molecule has 0 bridgehead atoms. The summed E-state index contributed by atoms with van der Waals surface area (Å²) >= 11 is 0. The fraction of sp³-hybridized carbons (Fsp3) is 0.389. The Morgan fingerprint density at radius 2 is 2.12 bits per heavy atom. The van der Waals surface area contributed by atoms with Crippen LogP contribution in [0.1, 0.15) is 40.0 Å². The van der Waals surface area contributed by atoms with Gasteiger partial charge in [-0.25, -0.2) is 4.98 Å². The van der Waals surface area contributed by atoms with E-state index in [0.717, 1.165) is 12.2 Å². The van der Waals surface area contributed by atoms with Crippen molar-refractivity contribution in [2.24, 2.45) is 0 Å². The van der Waals surface area contributed by atoms with Gasteiger partial charge in [0.25, 0.3) is 5.91 Å². The number of hydrogen-bond acceptors (Lipinski definition) is 4. The number of aromatic nitrogens is 2. The molecule has 1 atom stereocenters. The van der Waals surface area contributed by atoms with E-state index in [1.165, 1.54) is 0 Å². The molecule has 1 aliphatic heterocycles. The number of hydrogen-bond donors (Lipinski definition) is 1. The minimum atomic E-state index is -0.257. The van der Waals surface area contributed by atoms with E-state index in [9.17, 15) is 9.59 Å². The van der Waals surface area contributed by atoms with Crippen molar-refractivity contribution in [3.8, 4) is 0 Å². The second kappa shape index (κ2) is 7.40. The number of carbonyl (C=O) groups excluding carboxylic acids is 2. The Morgan fingerprint density at radius 1 is 1.33 bits per heavy atom. The maximum Gasteiger partial charge on any atom is 0.272 e. The van der Waals surface area contributed by atoms with Gasteiger partial charge in [0.15, 0.2) is 5.78 Å². The maximum atomic E-state index is 12.7. The van der Waals surface area contributed by atoms with Crippen LogP contribution in [0, 0.1) is 0 Å². The van der Waals surface area contributed by atoms with E-state index in [-0.39, 0.29) is 24.2 Å². The summed E-state index contributed by atoms with van der Waals surface area (Å²) in [6.07, 6.45) is 2.56. The lowest BCUT2D eigenvalue weighted by Crippen LogP contribution is -2.49. The van der Waals surface area contributed by atoms with E-state index in [1.54, 1.807) is 23.2 Å². The van der Waals surface area contributed by atoms with Gasteiger partial charge in [-0.3, -0.25) is 9.59 Å². The lowest BCUT2D eigenvalue weighted by Gasteiger charge is -2.35. The summed E-state index contributed by atoms with van der Waals surface area (Å²) in [5.41, 5.74) is 1.12. The summed E-state index contributed by atoms with van der Waals surface area (Å²) in [6, 6.07) is 8.88. The van der Waals surface area contributed by atoms with Gasteiger partial charge in [0, 0.05) is 24.9 Å². The average Bonchev–Trinajstić information content (AvgIpc) is 3.11. The number of rotatable bonds is 5. The zero-order chi connectivity index (χ0) is 16.9. The predicted molar refractivity (Wildman–Crippen MR) is 89.0 cm³/mol. The zero-order valence-corrected chi connectivity index (χ0v) is 13.7. The van der Waals surface area contributed by atoms with Gasteiger partial charge in [-0.15, -0.1) is 0 Å². The maximum absolute atomic E-state index is 12.7. The van der Waals surface area contributed by atoms with Crippen LogP contribution >= 0.6 is 0 Å². The Morgan fingerprint density at radius 3 is 2.83 bits per heavy atom. The molecule has 0 saturated carbocycles. The van der Waals surface area contributed by atoms with Crippen LogP contribution in [0.15, 0.2) is 36.5 Å². The minimum absolute atomic E-state index is 0.0164. The monoisotopic (exact) mass is 327 g/mol. The SMILES string of the molecule is CCc1ncc(C(=O)N2CCOC[C@H]2CC(=O)c2ccccc2)[nH]1. The van der Waals surface area contributed by atoms with Gasteiger partial charge in [-0.1, -0.05) is 37.3 Å². The molecule has 6 heteroatoms. The van der Waals surface area contributed by atoms with Crippen LogP contribution in [0.4, 0.5) is 0 Å². The summed E-state index contributed by atoms with van der Waals surface area (Å²) in [5.74, 6) is 0.669. The van der Waals surface area contributed by atoms with Crippen LogP contribution in [0.5, 0.6) is 0 Å². The Bertz CT molecular complexity index is 711. The average molecular weight is 327 g/mol. The van der Waals surface area contributed by atoms with Gasteiger partial charge in [0.1, 0.15) is 11.5 Å². The quantitative estimate of drug-likeness (QED) is 0.853. The minimum Gasteiger partial charge on any atom is -0.377 e. The number of imidazole rings is 1. The Labute approximate surface area is 140 Å². The van der Waals surface area contributed by atoms with Crippen molar-refractivity contribution in [3.05, 3.63) is 53.6 Å². The lowest BCUT2D eigenvalue weighted by atomic mass is 10.0. The number of morpholine rings is 1. The number of nitrogens with zero attached hydrogens (tertiary/aromatic N) is 2. The molecule has 2 heterocycles. The van der Waals surface area contributed by atoms with Crippen molar-refractivity contribution >= 4 is 11.7 Å². The van der Waals surface area contributed by atoms with Gasteiger partial charge in [0.2, 0.25) is 0 Å². The smallest absolute Gasteiger partial charge is 0.272 e. The molecule has 0 unspecified atom stereocenters. The Balaban J connectivity index is 1.73. The molecule has 6 nitrogen and oxygen atoms in total. The number of Topliss-reactive ketones (excluding diaryl/α,β-unsaturated/α-hetero) is 1. The third kappa shape index (κ3) is 3.54. The van der Waals surface area contributed by atoms with E-state index in [2.05, 4.69) is 9.97 Å². The Hall–Kier alpha value is -2.47. The highest BCUT2D eigenvalue weighted by Gasteiger charge is 2.30. The first-order chi connectivity index (χ1) is 11.7. The topological polar surface area (TPSA) is 75.3 Å². The van der Waals surface area contributed by atoms with Gasteiger partial charge in [-0.05, 0) is 0 Å². The van der Waals surface area contributed by atoms with E-state index in [0.29, 0.717) is 31.0 Å². The molecule has 126 valence electrons. The molecule has 1 aromatic heterocycles. The molecule has 0 radical (unpaired) electrons. The third-order valence-corrected chi connectivity index (χ3v) is 4.20. The molecule has 24 heavy (non-hydrogen) atoms. The molecule has 1 fully saturated rings. The van der Waals surface area contributed by atoms with Crippen LogP contribution in [-0.2, 0) is 11.2 Å². The van der Waals surface area contributed by atoms with Gasteiger partial charge in [0.05, 0.1) is 25.5 Å². The zero-order valence-electron chi connectivity index (χ0n) is 13.7. The lowest BCUT2D eigenvalue weighted by molar-refractivity contribution is -0.00308. The number of amides is 1. The summed E-state index contributed by atoms with van der Waals surface area (Å²) < 4.78 is 5.49. The van der Waals surface area contributed by atoms with Crippen LogP contribution in [0.3, 0.4) is 0 Å². The highest BCUT2D eigenvalue weighted by molar-refractivity contribution is 5.97. The number of carbonyl (C=O) groups is 2. The van der Waals surface area contributed by atoms with Crippen molar-refractivity contribution < 1.29 is 14.3 Å². The first-order valence-corrected chi connectivity index (χ1v) is 8.20. The number of ether oxygens (including phenoxy) is 1. The van der Waals surface area contributed by atoms with Crippen molar-refractivity contribution in [1.82, 2.24) is 14.9 Å². The summed E-state index contributed by atoms with van der Waals surface area (Å²) in [4.78, 5) is 34.1. The number of aryl methyl sites for hydroxylation is 1. The van der Waals surface area contributed by atoms with Crippen LogP contribution in [-0.4, -0.2) is 52.4 Å². The number of ketones is 1. The van der Waals surface area contributed by atoms with Crippen LogP contribution in [0.25, 0.3) is 0 Å². The molecule has 1 amide bonds. The van der Waals surface area contributed by atoms with Gasteiger partial charge in [-0.2, -0.15) is 0 Å². The van der Waals surface area contributed by atoms with Crippen molar-refractivity contribution in [2.45, 2.75) is 25.8 Å². The third-order valence-electron chi connectivity index (χ3n) is 4.20. The van der Waals surface area contributed by atoms with E-state index >= 15 is 0 Å². The fourth-order valence-electron chi connectivity index (χ4n) is 2.85. The summed E-state index contributed by atoms with van der Waals surface area (Å²) in [6.45, 7) is 3.31. The molecule has 1 aromatic carbocycles. The largest absolute Gasteiger partial charge is 0.377 e. The molecular formula is C18H21N3O3. The van der Waals surface area contributed by atoms with Crippen LogP contribution < -0.4 is 0 Å². The van der Waals surface area contributed by atoms with E-state index < -0.39 is 0 Å². The molecule has 1 aliphatic rings. The number of nitrogens with one attached hydrogen (secondary N) is 1. The van der Waals surface area contributed by atoms with Crippen molar-refractivity contribution in [3.63, 3.8) is 0 Å². The molecule has 2 aromatic rings. The van der Waals surface area contributed by atoms with E-state index in [1.807, 2.05) is 25.1 Å². The van der Waals surface area contributed by atoms with Crippen molar-refractivity contribution in [2.75, 3.05) is 19.8 Å². The highest BCUT2D eigenvalue weighted by atomic mass is 16.5. The standard InChI is InChI=1S/C18H21N3O3/c1-2-17-19-11-15(20-17)18(23)21-8-9-24-12-14(21)10-16(22)13-6-4-3-5-7-13/h3-7,11,14H,2,8-10,12H2,1H3,(H,19,20)/t14-/m1/s1. The predicted octanol–water partition coefficient (Wildman–Crippen LogP) is 2.09. The fourth-order valence-corrected chi connectivity index (χ4v) is 2.85. The van der Waals surface area contributed by atoms with Gasteiger partial charge < -0.3 is 14.6 Å². The highest BCUT2D eigenvalue weighted by Crippen LogP contribution is 2.17. The first kappa shape index (κ1) is 16.4. The number of benzene rings is 1. The van der Waals surface area contributed by atoms with E-state index in [4.69, 9.17) is 4.74 Å². The Kier molecular flexibility index (Phi) is 5.05. The van der Waals surface area contributed by atoms with Crippen LogP contribution in [0.2, 0.25) is 0 Å². The normalized spacial score (nSPS) is 17.7. The summed E-state index contributed by atoms with van der Waals surface area (Å²) in [5, 5.41) is 0. The second-order valence-corrected chi connectivity index (χ2v) is 5.82. The van der Waals surface area contributed by atoms with Crippen molar-refractivity contribution in [1.29, 1.82) is 0 Å². The first-order valence-electron chi connectivity index (χ1n) is 8.20. The number of H-pyrrole nitrogens is 1. The molecule has 1 saturated heterocycles. The summed E-state index contributed by atoms with van der Waals surface area (Å²) in [7, 11) is 0. The molecule has 0 spiro atoms. The molecule has 1 N–H and O–H groups in total. The molecule has 3 rings (SSSR count).